The third-order valence-electron chi connectivity index (χ3n) is 9.15. The lowest BCUT2D eigenvalue weighted by Gasteiger charge is -2.39. The Labute approximate surface area is 217 Å². The molecule has 3 atom stereocenters. The fourth-order valence-corrected chi connectivity index (χ4v) is 7.33. The fraction of sp³-hybridized carbons (Fsp3) is 0.704. The second-order valence-corrected chi connectivity index (χ2v) is 12.2. The summed E-state index contributed by atoms with van der Waals surface area (Å²) in [5.74, 6) is 0.447. The van der Waals surface area contributed by atoms with Gasteiger partial charge in [0.25, 0.3) is 5.91 Å². The molecule has 5 fully saturated rings. The zero-order valence-electron chi connectivity index (χ0n) is 21.2. The Morgan fingerprint density at radius 2 is 1.94 bits per heavy atom. The molecule has 5 aliphatic rings. The van der Waals surface area contributed by atoms with Crippen LogP contribution in [0.1, 0.15) is 64.7 Å². The molecular formula is C27H38ClFN4O3. The van der Waals surface area contributed by atoms with E-state index in [1.807, 2.05) is 0 Å². The van der Waals surface area contributed by atoms with Gasteiger partial charge in [-0.1, -0.05) is 30.9 Å². The van der Waals surface area contributed by atoms with Crippen molar-refractivity contribution in [3.05, 3.63) is 29.0 Å². The normalized spacial score (nSPS) is 34.3. The molecule has 2 amide bonds. The Hall–Kier alpha value is -1.90. The van der Waals surface area contributed by atoms with Crippen LogP contribution in [0, 0.1) is 23.6 Å². The van der Waals surface area contributed by atoms with Crippen LogP contribution < -0.4 is 20.8 Å². The number of hydrogen-bond acceptors (Lipinski definition) is 5. The Morgan fingerprint density at radius 1 is 1.19 bits per heavy atom. The first-order chi connectivity index (χ1) is 17.2. The van der Waals surface area contributed by atoms with E-state index in [1.54, 1.807) is 0 Å². The molecule has 1 aromatic carbocycles. The molecule has 4 aliphatic carbocycles. The lowest BCUT2D eigenvalue weighted by Crippen LogP contribution is -2.53. The van der Waals surface area contributed by atoms with Crippen molar-refractivity contribution < 1.29 is 18.7 Å². The molecule has 4 saturated carbocycles. The van der Waals surface area contributed by atoms with Crippen molar-refractivity contribution in [2.45, 2.75) is 81.8 Å². The number of nitrogens with zero attached hydrogens (tertiary/aromatic N) is 1. The second kappa shape index (κ2) is 10.1. The SMILES string of the molecule is CN1NC(C)(C2CCCCC2)CC1CNC(=O)C1CC2(NC(=O)COc3ccc(Cl)c(F)c3)CC1C2. The molecule has 0 radical (unpaired) electrons. The largest absolute Gasteiger partial charge is 0.484 e. The van der Waals surface area contributed by atoms with Gasteiger partial charge in [0.1, 0.15) is 11.6 Å². The third-order valence-corrected chi connectivity index (χ3v) is 9.45. The molecule has 3 N–H and O–H groups in total. The minimum Gasteiger partial charge on any atom is -0.484 e. The lowest BCUT2D eigenvalue weighted by atomic mass is 9.74. The molecule has 9 heteroatoms. The average Bonchev–Trinajstić information content (AvgIpc) is 3.48. The van der Waals surface area contributed by atoms with Gasteiger partial charge in [-0.2, -0.15) is 0 Å². The van der Waals surface area contributed by atoms with Crippen LogP contribution in [-0.4, -0.2) is 54.1 Å². The van der Waals surface area contributed by atoms with Crippen molar-refractivity contribution in [1.82, 2.24) is 21.1 Å². The molecule has 6 rings (SSSR count). The van der Waals surface area contributed by atoms with E-state index in [0.29, 0.717) is 24.8 Å². The Balaban J connectivity index is 1.07. The van der Waals surface area contributed by atoms with Gasteiger partial charge in [0.05, 0.1) is 5.02 Å². The van der Waals surface area contributed by atoms with Crippen LogP contribution in [0.4, 0.5) is 4.39 Å². The molecule has 1 saturated heterocycles. The van der Waals surface area contributed by atoms with Crippen LogP contribution in [0.25, 0.3) is 0 Å². The molecule has 2 bridgehead atoms. The number of benzene rings is 1. The van der Waals surface area contributed by atoms with Gasteiger partial charge < -0.3 is 15.4 Å². The van der Waals surface area contributed by atoms with Gasteiger partial charge in [0.15, 0.2) is 6.61 Å². The van der Waals surface area contributed by atoms with Gasteiger partial charge in [-0.25, -0.2) is 14.8 Å². The summed E-state index contributed by atoms with van der Waals surface area (Å²) in [5.41, 5.74) is 3.49. The van der Waals surface area contributed by atoms with E-state index in [-0.39, 0.29) is 52.2 Å². The van der Waals surface area contributed by atoms with Gasteiger partial charge in [0.2, 0.25) is 5.91 Å². The average molecular weight is 521 g/mol. The van der Waals surface area contributed by atoms with Gasteiger partial charge in [-0.3, -0.25) is 9.59 Å². The summed E-state index contributed by atoms with van der Waals surface area (Å²) in [5, 5.41) is 8.49. The fourth-order valence-electron chi connectivity index (χ4n) is 7.21. The number of ether oxygens (including phenoxy) is 1. The van der Waals surface area contributed by atoms with Crippen LogP contribution in [0.3, 0.4) is 0 Å². The van der Waals surface area contributed by atoms with E-state index in [9.17, 15) is 14.0 Å². The Morgan fingerprint density at radius 3 is 2.67 bits per heavy atom. The Bertz CT molecular complexity index is 997. The molecule has 36 heavy (non-hydrogen) atoms. The zero-order valence-corrected chi connectivity index (χ0v) is 22.0. The number of hydrogen-bond donors (Lipinski definition) is 3. The lowest BCUT2D eigenvalue weighted by molar-refractivity contribution is -0.126. The molecule has 0 spiro atoms. The van der Waals surface area contributed by atoms with Crippen LogP contribution in [0.15, 0.2) is 18.2 Å². The quantitative estimate of drug-likeness (QED) is 0.485. The summed E-state index contributed by atoms with van der Waals surface area (Å²) in [7, 11) is 2.09. The minimum absolute atomic E-state index is 0.00977. The third kappa shape index (κ3) is 5.22. The second-order valence-electron chi connectivity index (χ2n) is 11.8. The number of fused-ring (bicyclic) bond motifs is 1. The number of rotatable bonds is 8. The molecule has 3 unspecified atom stereocenters. The summed E-state index contributed by atoms with van der Waals surface area (Å²) >= 11 is 5.68. The van der Waals surface area contributed by atoms with Crippen molar-refractivity contribution in [2.75, 3.05) is 20.2 Å². The number of amides is 2. The van der Waals surface area contributed by atoms with Crippen molar-refractivity contribution in [1.29, 1.82) is 0 Å². The number of carbonyl (C=O) groups is 2. The summed E-state index contributed by atoms with van der Waals surface area (Å²) in [6, 6.07) is 4.37. The van der Waals surface area contributed by atoms with E-state index < -0.39 is 5.82 Å². The van der Waals surface area contributed by atoms with Crippen molar-refractivity contribution in [3.63, 3.8) is 0 Å². The van der Waals surface area contributed by atoms with Gasteiger partial charge in [-0.05, 0) is 69.4 Å². The first-order valence-electron chi connectivity index (χ1n) is 13.3. The topological polar surface area (TPSA) is 82.7 Å². The number of hydrazine groups is 1. The first kappa shape index (κ1) is 25.7. The Kier molecular flexibility index (Phi) is 7.22. The van der Waals surface area contributed by atoms with E-state index in [1.165, 1.54) is 44.2 Å². The number of halogens is 2. The van der Waals surface area contributed by atoms with Crippen LogP contribution in [0.2, 0.25) is 5.02 Å². The van der Waals surface area contributed by atoms with Gasteiger partial charge in [0, 0.05) is 42.7 Å². The minimum atomic E-state index is -0.585. The molecule has 7 nitrogen and oxygen atoms in total. The maximum absolute atomic E-state index is 13.6. The highest BCUT2D eigenvalue weighted by atomic mass is 35.5. The van der Waals surface area contributed by atoms with E-state index in [0.717, 1.165) is 25.3 Å². The van der Waals surface area contributed by atoms with Crippen LogP contribution in [-0.2, 0) is 9.59 Å². The molecule has 198 valence electrons. The standard InChI is InChI=1S/C27H38ClFN4O3/c1-26(18-6-4-3-5-7-18)13-19(33(2)32-26)15-30-25(35)21-14-27(11-17(21)12-27)31-24(34)16-36-20-8-9-22(28)23(29)10-20/h8-10,17-19,21,32H,3-7,11-16H2,1-2H3,(H,30,35)(H,31,34). The summed E-state index contributed by atoms with van der Waals surface area (Å²) < 4.78 is 19.0. The van der Waals surface area contributed by atoms with Crippen molar-refractivity contribution >= 4 is 23.4 Å². The first-order valence-corrected chi connectivity index (χ1v) is 13.7. The smallest absolute Gasteiger partial charge is 0.258 e. The molecule has 1 aromatic rings. The summed E-state index contributed by atoms with van der Waals surface area (Å²) in [4.78, 5) is 25.6. The predicted molar refractivity (Wildman–Crippen MR) is 136 cm³/mol. The molecule has 0 aromatic heterocycles. The van der Waals surface area contributed by atoms with E-state index in [4.69, 9.17) is 16.3 Å². The molecular weight excluding hydrogens is 483 g/mol. The maximum Gasteiger partial charge on any atom is 0.258 e. The van der Waals surface area contributed by atoms with E-state index >= 15 is 0 Å². The van der Waals surface area contributed by atoms with Crippen LogP contribution in [0.5, 0.6) is 5.75 Å². The van der Waals surface area contributed by atoms with Crippen molar-refractivity contribution in [3.8, 4) is 5.75 Å². The van der Waals surface area contributed by atoms with Gasteiger partial charge >= 0.3 is 0 Å². The maximum atomic E-state index is 13.6. The number of likely N-dealkylation sites (N-methyl/N-ethyl adjacent to an activating group) is 1. The van der Waals surface area contributed by atoms with E-state index in [2.05, 4.69) is 35.0 Å². The molecule has 1 aliphatic heterocycles. The zero-order chi connectivity index (χ0) is 25.5. The van der Waals surface area contributed by atoms with Crippen molar-refractivity contribution in [2.24, 2.45) is 17.8 Å². The number of nitrogens with one attached hydrogen (secondary N) is 3. The monoisotopic (exact) mass is 520 g/mol. The highest BCUT2D eigenvalue weighted by Crippen LogP contribution is 2.55. The summed E-state index contributed by atoms with van der Waals surface area (Å²) in [6.07, 6.45) is 9.89. The summed E-state index contributed by atoms with van der Waals surface area (Å²) in [6.45, 7) is 2.77. The van der Waals surface area contributed by atoms with Crippen LogP contribution >= 0.6 is 11.6 Å². The predicted octanol–water partition coefficient (Wildman–Crippen LogP) is 3.81. The highest BCUT2D eigenvalue weighted by Gasteiger charge is 2.59. The highest BCUT2D eigenvalue weighted by molar-refractivity contribution is 6.30. The van der Waals surface area contributed by atoms with Gasteiger partial charge in [-0.15, -0.1) is 0 Å². The number of carbonyl (C=O) groups excluding carboxylic acids is 2. The molecule has 1 heterocycles.